The van der Waals surface area contributed by atoms with E-state index < -0.39 is 0 Å². The number of hydrogen-bond acceptors (Lipinski definition) is 2. The average molecular weight is 310 g/mol. The molecule has 1 atom stereocenters. The summed E-state index contributed by atoms with van der Waals surface area (Å²) in [4.78, 5) is 0. The van der Waals surface area contributed by atoms with Crippen molar-refractivity contribution in [2.24, 2.45) is 5.73 Å². The number of ether oxygens (including phenoxy) is 1. The van der Waals surface area contributed by atoms with Gasteiger partial charge in [-0.2, -0.15) is 0 Å². The number of halogens is 2. The van der Waals surface area contributed by atoms with Crippen molar-refractivity contribution in [2.45, 2.75) is 19.9 Å². The molecule has 0 radical (unpaired) electrons. The Morgan fingerprint density at radius 2 is 1.70 bits per heavy atom. The van der Waals surface area contributed by atoms with Gasteiger partial charge in [0, 0.05) is 11.1 Å². The van der Waals surface area contributed by atoms with Crippen molar-refractivity contribution in [3.8, 4) is 5.75 Å². The second kappa shape index (κ2) is 6.04. The van der Waals surface area contributed by atoms with Gasteiger partial charge in [0.25, 0.3) is 0 Å². The maximum Gasteiger partial charge on any atom is 0.138 e. The van der Waals surface area contributed by atoms with Gasteiger partial charge < -0.3 is 10.5 Å². The standard InChI is InChI=1S/C16H17Cl2NO/c1-9-4-5-11(6-10(9)2)16(19)12-7-14(18)15(20-3)8-13(12)17/h4-8,16H,19H2,1-3H3. The van der Waals surface area contributed by atoms with E-state index in [-0.39, 0.29) is 6.04 Å². The van der Waals surface area contributed by atoms with Gasteiger partial charge in [0.05, 0.1) is 18.2 Å². The van der Waals surface area contributed by atoms with E-state index in [9.17, 15) is 0 Å². The molecule has 0 fully saturated rings. The lowest BCUT2D eigenvalue weighted by atomic mass is 9.96. The van der Waals surface area contributed by atoms with Gasteiger partial charge in [0.1, 0.15) is 5.75 Å². The summed E-state index contributed by atoms with van der Waals surface area (Å²) in [5.74, 6) is 0.549. The average Bonchev–Trinajstić information content (AvgIpc) is 2.43. The zero-order valence-corrected chi connectivity index (χ0v) is 13.2. The number of rotatable bonds is 3. The van der Waals surface area contributed by atoms with Crippen LogP contribution < -0.4 is 10.5 Å². The largest absolute Gasteiger partial charge is 0.495 e. The predicted octanol–water partition coefficient (Wildman–Crippen LogP) is 4.67. The molecular weight excluding hydrogens is 293 g/mol. The summed E-state index contributed by atoms with van der Waals surface area (Å²) in [6, 6.07) is 9.30. The van der Waals surface area contributed by atoms with Gasteiger partial charge in [-0.15, -0.1) is 0 Å². The van der Waals surface area contributed by atoms with Gasteiger partial charge in [-0.1, -0.05) is 41.4 Å². The van der Waals surface area contributed by atoms with Gasteiger partial charge in [-0.05, 0) is 42.2 Å². The molecule has 0 saturated heterocycles. The fourth-order valence-corrected chi connectivity index (χ4v) is 2.60. The fourth-order valence-electron chi connectivity index (χ4n) is 2.08. The summed E-state index contributed by atoms with van der Waals surface area (Å²) in [5.41, 5.74) is 10.6. The van der Waals surface area contributed by atoms with Crippen LogP contribution in [0.1, 0.15) is 28.3 Å². The normalized spacial score (nSPS) is 12.3. The van der Waals surface area contributed by atoms with E-state index >= 15 is 0 Å². The number of aryl methyl sites for hydroxylation is 2. The molecule has 0 amide bonds. The molecule has 20 heavy (non-hydrogen) atoms. The van der Waals surface area contributed by atoms with Gasteiger partial charge >= 0.3 is 0 Å². The molecule has 0 bridgehead atoms. The van der Waals surface area contributed by atoms with Gasteiger partial charge in [0.15, 0.2) is 0 Å². The highest BCUT2D eigenvalue weighted by molar-refractivity contribution is 6.34. The molecule has 106 valence electrons. The first-order valence-corrected chi connectivity index (χ1v) is 7.05. The first-order chi connectivity index (χ1) is 9.43. The Morgan fingerprint density at radius 1 is 1.00 bits per heavy atom. The summed E-state index contributed by atoms with van der Waals surface area (Å²) in [5, 5.41) is 1.06. The van der Waals surface area contributed by atoms with Crippen LogP contribution in [0, 0.1) is 13.8 Å². The summed E-state index contributed by atoms with van der Waals surface area (Å²) < 4.78 is 5.14. The first-order valence-electron chi connectivity index (χ1n) is 6.29. The predicted molar refractivity (Wildman–Crippen MR) is 85.0 cm³/mol. The van der Waals surface area contributed by atoms with E-state index in [1.807, 2.05) is 6.07 Å². The Bertz CT molecular complexity index is 641. The van der Waals surface area contributed by atoms with Crippen molar-refractivity contribution in [1.29, 1.82) is 0 Å². The van der Waals surface area contributed by atoms with E-state index in [1.54, 1.807) is 19.2 Å². The third kappa shape index (κ3) is 2.93. The lowest BCUT2D eigenvalue weighted by molar-refractivity contribution is 0.415. The molecular formula is C16H17Cl2NO. The van der Waals surface area contributed by atoms with Crippen LogP contribution in [0.25, 0.3) is 0 Å². The Kier molecular flexibility index (Phi) is 4.59. The van der Waals surface area contributed by atoms with Crippen molar-refractivity contribution in [1.82, 2.24) is 0 Å². The first kappa shape index (κ1) is 15.2. The van der Waals surface area contributed by atoms with Crippen molar-refractivity contribution in [3.05, 3.63) is 62.6 Å². The van der Waals surface area contributed by atoms with Crippen LogP contribution in [0.2, 0.25) is 10.0 Å². The van der Waals surface area contributed by atoms with Crippen LogP contribution >= 0.6 is 23.2 Å². The fraction of sp³-hybridized carbons (Fsp3) is 0.250. The number of nitrogens with two attached hydrogens (primary N) is 1. The lowest BCUT2D eigenvalue weighted by Gasteiger charge is -2.17. The monoisotopic (exact) mass is 309 g/mol. The topological polar surface area (TPSA) is 35.2 Å². The molecule has 0 aliphatic heterocycles. The highest BCUT2D eigenvalue weighted by Gasteiger charge is 2.16. The molecule has 2 aromatic rings. The minimum Gasteiger partial charge on any atom is -0.495 e. The summed E-state index contributed by atoms with van der Waals surface area (Å²) in [7, 11) is 1.56. The molecule has 2 nitrogen and oxygen atoms in total. The van der Waals surface area contributed by atoms with Crippen molar-refractivity contribution in [2.75, 3.05) is 7.11 Å². The van der Waals surface area contributed by atoms with Gasteiger partial charge in [0.2, 0.25) is 0 Å². The minimum absolute atomic E-state index is 0.315. The SMILES string of the molecule is COc1cc(Cl)c(C(N)c2ccc(C)c(C)c2)cc1Cl. The van der Waals surface area contributed by atoms with Gasteiger partial charge in [-0.25, -0.2) is 0 Å². The molecule has 0 saturated carbocycles. The van der Waals surface area contributed by atoms with Crippen molar-refractivity contribution < 1.29 is 4.74 Å². The van der Waals surface area contributed by atoms with Gasteiger partial charge in [-0.3, -0.25) is 0 Å². The van der Waals surface area contributed by atoms with Crippen molar-refractivity contribution in [3.63, 3.8) is 0 Å². The van der Waals surface area contributed by atoms with Crippen molar-refractivity contribution >= 4 is 23.2 Å². The molecule has 0 aliphatic rings. The highest BCUT2D eigenvalue weighted by Crippen LogP contribution is 2.35. The maximum atomic E-state index is 6.31. The Balaban J connectivity index is 2.45. The van der Waals surface area contributed by atoms with Crippen LogP contribution in [-0.4, -0.2) is 7.11 Å². The summed E-state index contributed by atoms with van der Waals surface area (Å²) in [6.07, 6.45) is 0. The minimum atomic E-state index is -0.315. The van der Waals surface area contributed by atoms with E-state index in [0.29, 0.717) is 15.8 Å². The molecule has 2 rings (SSSR count). The highest BCUT2D eigenvalue weighted by atomic mass is 35.5. The molecule has 2 aromatic carbocycles. The lowest BCUT2D eigenvalue weighted by Crippen LogP contribution is -2.13. The number of benzene rings is 2. The third-order valence-electron chi connectivity index (χ3n) is 3.50. The van der Waals surface area contributed by atoms with Crippen LogP contribution in [0.5, 0.6) is 5.75 Å². The molecule has 0 heterocycles. The van der Waals surface area contributed by atoms with E-state index in [1.165, 1.54) is 11.1 Å². The molecule has 2 N–H and O–H groups in total. The quantitative estimate of drug-likeness (QED) is 0.894. The summed E-state index contributed by atoms with van der Waals surface area (Å²) in [6.45, 7) is 4.13. The van der Waals surface area contributed by atoms with E-state index in [2.05, 4.69) is 26.0 Å². The second-order valence-corrected chi connectivity index (χ2v) is 5.64. The smallest absolute Gasteiger partial charge is 0.138 e. The zero-order chi connectivity index (χ0) is 14.9. The molecule has 0 aromatic heterocycles. The van der Waals surface area contributed by atoms with Crippen LogP contribution in [-0.2, 0) is 0 Å². The molecule has 0 spiro atoms. The van der Waals surface area contributed by atoms with E-state index in [0.717, 1.165) is 11.1 Å². The molecule has 1 unspecified atom stereocenters. The number of methoxy groups -OCH3 is 1. The Morgan fingerprint density at radius 3 is 2.30 bits per heavy atom. The van der Waals surface area contributed by atoms with Crippen LogP contribution in [0.15, 0.2) is 30.3 Å². The molecule has 0 aliphatic carbocycles. The summed E-state index contributed by atoms with van der Waals surface area (Å²) >= 11 is 12.4. The van der Waals surface area contributed by atoms with Crippen LogP contribution in [0.3, 0.4) is 0 Å². The van der Waals surface area contributed by atoms with Crippen LogP contribution in [0.4, 0.5) is 0 Å². The molecule has 4 heteroatoms. The third-order valence-corrected chi connectivity index (χ3v) is 4.12. The van der Waals surface area contributed by atoms with E-state index in [4.69, 9.17) is 33.7 Å². The zero-order valence-electron chi connectivity index (χ0n) is 11.7. The second-order valence-electron chi connectivity index (χ2n) is 4.83. The number of hydrogen-bond donors (Lipinski definition) is 1. The Hall–Kier alpha value is -1.22. The Labute approximate surface area is 129 Å². The maximum absolute atomic E-state index is 6.31.